The molecule has 3 rings (SSSR count). The Hall–Kier alpha value is -2.10. The van der Waals surface area contributed by atoms with Gasteiger partial charge in [0.2, 0.25) is 5.66 Å². The topological polar surface area (TPSA) is 40.6 Å². The molecule has 140 valence electrons. The van der Waals surface area contributed by atoms with Gasteiger partial charge in [0.25, 0.3) is 0 Å². The first-order valence-corrected chi connectivity index (χ1v) is 9.80. The molecule has 26 heavy (non-hydrogen) atoms. The van der Waals surface area contributed by atoms with Crippen LogP contribution in [0.4, 0.5) is 5.69 Å². The molecule has 0 radical (unpaired) electrons. The normalized spacial score (nSPS) is 20.7. The number of nitrogens with zero attached hydrogens (tertiary/aromatic N) is 2. The summed E-state index contributed by atoms with van der Waals surface area (Å²) in [7, 11) is 0. The van der Waals surface area contributed by atoms with E-state index in [1.807, 2.05) is 36.0 Å². The highest BCUT2D eigenvalue weighted by atomic mass is 16.1. The van der Waals surface area contributed by atoms with Crippen molar-refractivity contribution in [1.82, 2.24) is 4.90 Å². The van der Waals surface area contributed by atoms with Gasteiger partial charge in [-0.1, -0.05) is 49.8 Å². The summed E-state index contributed by atoms with van der Waals surface area (Å²) in [5, 5.41) is 0. The highest BCUT2D eigenvalue weighted by molar-refractivity contribution is 5.96. The number of aldehydes is 2. The third-order valence-corrected chi connectivity index (χ3v) is 5.87. The second-order valence-corrected chi connectivity index (χ2v) is 7.84. The zero-order chi connectivity index (χ0) is 18.7. The fourth-order valence-electron chi connectivity index (χ4n) is 4.70. The van der Waals surface area contributed by atoms with E-state index in [1.54, 1.807) is 0 Å². The zero-order valence-corrected chi connectivity index (χ0v) is 16.2. The molecular weight excluding hydrogens is 324 g/mol. The van der Waals surface area contributed by atoms with E-state index in [-0.39, 0.29) is 6.04 Å². The van der Waals surface area contributed by atoms with Crippen molar-refractivity contribution in [1.29, 1.82) is 0 Å². The van der Waals surface area contributed by atoms with Gasteiger partial charge in [0.15, 0.2) is 12.6 Å². The summed E-state index contributed by atoms with van der Waals surface area (Å²) in [6, 6.07) is 4.45. The molecule has 1 aliphatic carbocycles. The average Bonchev–Trinajstić information content (AvgIpc) is 2.93. The molecule has 1 saturated carbocycles. The van der Waals surface area contributed by atoms with Crippen LogP contribution in [0.5, 0.6) is 0 Å². The van der Waals surface area contributed by atoms with Crippen molar-refractivity contribution < 1.29 is 9.59 Å². The lowest BCUT2D eigenvalue weighted by molar-refractivity contribution is -0.127. The van der Waals surface area contributed by atoms with Gasteiger partial charge in [-0.3, -0.25) is 9.59 Å². The summed E-state index contributed by atoms with van der Waals surface area (Å²) in [5.41, 5.74) is 3.04. The quantitative estimate of drug-likeness (QED) is 0.593. The number of aryl methyl sites for hydroxylation is 3. The van der Waals surface area contributed by atoms with Crippen molar-refractivity contribution in [2.45, 2.75) is 77.4 Å². The Kier molecular flexibility index (Phi) is 5.49. The Morgan fingerprint density at radius 2 is 1.42 bits per heavy atom. The average molecular weight is 354 g/mol. The SMILES string of the molecule is Cc1cc(C)c(N2C=CN(C3CCCCCCC3)C2(C=O)C=O)c(C)c1. The molecule has 1 fully saturated rings. The van der Waals surface area contributed by atoms with E-state index in [0.29, 0.717) is 0 Å². The largest absolute Gasteiger partial charge is 0.338 e. The Morgan fingerprint density at radius 3 is 1.96 bits per heavy atom. The summed E-state index contributed by atoms with van der Waals surface area (Å²) in [6.45, 7) is 6.15. The van der Waals surface area contributed by atoms with Crippen LogP contribution in [0.2, 0.25) is 0 Å². The van der Waals surface area contributed by atoms with Gasteiger partial charge in [0.05, 0.1) is 0 Å². The minimum atomic E-state index is -1.27. The van der Waals surface area contributed by atoms with Crippen molar-refractivity contribution in [2.24, 2.45) is 0 Å². The van der Waals surface area contributed by atoms with Crippen LogP contribution >= 0.6 is 0 Å². The summed E-state index contributed by atoms with van der Waals surface area (Å²) < 4.78 is 0. The maximum Gasteiger partial charge on any atom is 0.231 e. The monoisotopic (exact) mass is 354 g/mol. The van der Waals surface area contributed by atoms with E-state index < -0.39 is 5.66 Å². The molecule has 0 N–H and O–H groups in total. The maximum absolute atomic E-state index is 12.3. The first kappa shape index (κ1) is 18.7. The summed E-state index contributed by atoms with van der Waals surface area (Å²) in [5.74, 6) is 0. The molecule has 1 aromatic rings. The highest BCUT2D eigenvalue weighted by Gasteiger charge is 2.47. The van der Waals surface area contributed by atoms with E-state index >= 15 is 0 Å². The Bertz CT molecular complexity index is 671. The van der Waals surface area contributed by atoms with Gasteiger partial charge in [-0.25, -0.2) is 0 Å². The Labute approximate surface area is 156 Å². The van der Waals surface area contributed by atoms with Crippen molar-refractivity contribution in [3.63, 3.8) is 0 Å². The Morgan fingerprint density at radius 1 is 0.885 bits per heavy atom. The summed E-state index contributed by atoms with van der Waals surface area (Å²) >= 11 is 0. The molecule has 1 aromatic carbocycles. The number of anilines is 1. The van der Waals surface area contributed by atoms with Gasteiger partial charge in [-0.15, -0.1) is 0 Å². The molecule has 0 aromatic heterocycles. The zero-order valence-electron chi connectivity index (χ0n) is 16.2. The molecule has 0 saturated heterocycles. The molecule has 1 heterocycles. The van der Waals surface area contributed by atoms with Crippen LogP contribution in [-0.4, -0.2) is 29.2 Å². The molecule has 0 unspecified atom stereocenters. The van der Waals surface area contributed by atoms with Crippen LogP contribution in [-0.2, 0) is 9.59 Å². The second kappa shape index (κ2) is 7.65. The van der Waals surface area contributed by atoms with Crippen molar-refractivity contribution in [3.05, 3.63) is 41.2 Å². The third kappa shape index (κ3) is 3.17. The van der Waals surface area contributed by atoms with Gasteiger partial charge in [-0.2, -0.15) is 0 Å². The third-order valence-electron chi connectivity index (χ3n) is 5.87. The van der Waals surface area contributed by atoms with Crippen LogP contribution in [0.25, 0.3) is 0 Å². The lowest BCUT2D eigenvalue weighted by Crippen LogP contribution is -2.59. The minimum absolute atomic E-state index is 0.234. The summed E-state index contributed by atoms with van der Waals surface area (Å²) in [6.07, 6.45) is 13.7. The molecule has 4 heteroatoms. The highest BCUT2D eigenvalue weighted by Crippen LogP contribution is 2.38. The van der Waals surface area contributed by atoms with E-state index in [2.05, 4.69) is 19.1 Å². The minimum Gasteiger partial charge on any atom is -0.338 e. The molecule has 0 bridgehead atoms. The van der Waals surface area contributed by atoms with Gasteiger partial charge in [-0.05, 0) is 44.7 Å². The lowest BCUT2D eigenvalue weighted by atomic mass is 9.93. The van der Waals surface area contributed by atoms with E-state index in [4.69, 9.17) is 0 Å². The number of carbonyl (C=O) groups is 2. The lowest BCUT2D eigenvalue weighted by Gasteiger charge is -2.43. The number of hydrogen-bond acceptors (Lipinski definition) is 4. The van der Waals surface area contributed by atoms with Crippen LogP contribution in [0.15, 0.2) is 24.5 Å². The number of benzene rings is 1. The first-order valence-electron chi connectivity index (χ1n) is 9.80. The predicted octanol–water partition coefficient (Wildman–Crippen LogP) is 4.41. The Balaban J connectivity index is 2.00. The van der Waals surface area contributed by atoms with E-state index in [9.17, 15) is 9.59 Å². The molecule has 4 nitrogen and oxygen atoms in total. The molecule has 0 amide bonds. The van der Waals surface area contributed by atoms with E-state index in [1.165, 1.54) is 24.8 Å². The van der Waals surface area contributed by atoms with Crippen LogP contribution in [0.3, 0.4) is 0 Å². The van der Waals surface area contributed by atoms with Gasteiger partial charge >= 0.3 is 0 Å². The van der Waals surface area contributed by atoms with Gasteiger partial charge in [0, 0.05) is 24.1 Å². The van der Waals surface area contributed by atoms with Gasteiger partial charge < -0.3 is 9.80 Å². The molecular formula is C22H30N2O2. The van der Waals surface area contributed by atoms with Crippen LogP contribution < -0.4 is 4.90 Å². The smallest absolute Gasteiger partial charge is 0.231 e. The molecule has 1 aliphatic heterocycles. The van der Waals surface area contributed by atoms with Crippen molar-refractivity contribution >= 4 is 18.3 Å². The number of carbonyl (C=O) groups excluding carboxylic acids is 2. The predicted molar refractivity (Wildman–Crippen MR) is 105 cm³/mol. The fourth-order valence-corrected chi connectivity index (χ4v) is 4.70. The van der Waals surface area contributed by atoms with Gasteiger partial charge in [0.1, 0.15) is 0 Å². The number of rotatable bonds is 4. The van der Waals surface area contributed by atoms with Crippen molar-refractivity contribution in [3.8, 4) is 0 Å². The number of hydrogen-bond donors (Lipinski definition) is 0. The summed E-state index contributed by atoms with van der Waals surface area (Å²) in [4.78, 5) is 28.5. The first-order chi connectivity index (χ1) is 12.5. The molecule has 2 aliphatic rings. The maximum atomic E-state index is 12.3. The van der Waals surface area contributed by atoms with Crippen molar-refractivity contribution in [2.75, 3.05) is 4.90 Å². The van der Waals surface area contributed by atoms with Crippen LogP contribution in [0, 0.1) is 20.8 Å². The standard InChI is InChI=1S/C22H30N2O2/c1-17-13-18(2)21(19(3)14-17)24-12-11-23(22(24,15-25)16-26)20-9-7-5-4-6-8-10-20/h11-16,20H,4-10H2,1-3H3. The van der Waals surface area contributed by atoms with Crippen LogP contribution in [0.1, 0.15) is 61.6 Å². The van der Waals surface area contributed by atoms with E-state index in [0.717, 1.165) is 55.1 Å². The molecule has 0 spiro atoms. The fraction of sp³-hybridized carbons (Fsp3) is 0.545. The molecule has 0 atom stereocenters. The second-order valence-electron chi connectivity index (χ2n) is 7.84.